The Morgan fingerprint density at radius 1 is 1.44 bits per heavy atom. The average molecular weight is 248 g/mol. The van der Waals surface area contributed by atoms with Gasteiger partial charge in [0.25, 0.3) is 0 Å². The van der Waals surface area contributed by atoms with Gasteiger partial charge in [-0.15, -0.1) is 0 Å². The summed E-state index contributed by atoms with van der Waals surface area (Å²) in [7, 11) is 0. The number of anilines is 1. The van der Waals surface area contributed by atoms with Crippen LogP contribution in [0, 0.1) is 16.7 Å². The zero-order chi connectivity index (χ0) is 13.3. The van der Waals surface area contributed by atoms with Gasteiger partial charge in [0.2, 0.25) is 5.96 Å². The number of hydrogen-bond donors (Lipinski definition) is 3. The third kappa shape index (κ3) is 2.23. The molecule has 2 rings (SSSR count). The van der Waals surface area contributed by atoms with E-state index < -0.39 is 0 Å². The fourth-order valence-corrected chi connectivity index (χ4v) is 2.34. The Hall–Kier alpha value is -1.85. The molecule has 1 aliphatic heterocycles. The minimum absolute atomic E-state index is 0.0768. The Labute approximate surface area is 106 Å². The van der Waals surface area contributed by atoms with Crippen LogP contribution < -0.4 is 11.2 Å². The van der Waals surface area contributed by atoms with Crippen molar-refractivity contribution in [2.45, 2.75) is 32.7 Å². The number of nitrogens with zero attached hydrogens (tertiary/aromatic N) is 3. The number of aromatic nitrogens is 2. The molecular formula is C12H20N6. The van der Waals surface area contributed by atoms with Crippen LogP contribution in [0.25, 0.3) is 0 Å². The summed E-state index contributed by atoms with van der Waals surface area (Å²) < 4.78 is 1.48. The van der Waals surface area contributed by atoms with Crippen molar-refractivity contribution in [3.8, 4) is 0 Å². The highest BCUT2D eigenvalue weighted by molar-refractivity contribution is 5.79. The highest BCUT2D eigenvalue weighted by Crippen LogP contribution is 2.21. The van der Waals surface area contributed by atoms with E-state index in [4.69, 9.17) is 16.6 Å². The van der Waals surface area contributed by atoms with Crippen LogP contribution in [0.1, 0.15) is 26.7 Å². The van der Waals surface area contributed by atoms with Gasteiger partial charge in [-0.3, -0.25) is 15.4 Å². The fraction of sp³-hybridized carbons (Fsp3) is 0.583. The molecule has 1 aromatic rings. The SMILES string of the molecule is CC1CCC(C)N(C(=N)n2ccnc(N)c2=N)C1. The van der Waals surface area contributed by atoms with Gasteiger partial charge in [-0.2, -0.15) is 0 Å². The number of piperidine rings is 1. The van der Waals surface area contributed by atoms with Gasteiger partial charge in [0.05, 0.1) is 0 Å². The first-order chi connectivity index (χ1) is 8.50. The molecule has 1 fully saturated rings. The molecular weight excluding hydrogens is 228 g/mol. The van der Waals surface area contributed by atoms with E-state index in [1.807, 2.05) is 4.90 Å². The van der Waals surface area contributed by atoms with Crippen molar-refractivity contribution < 1.29 is 0 Å². The van der Waals surface area contributed by atoms with Gasteiger partial charge in [-0.1, -0.05) is 6.92 Å². The van der Waals surface area contributed by atoms with Crippen LogP contribution in [0.4, 0.5) is 5.82 Å². The van der Waals surface area contributed by atoms with Gasteiger partial charge in [0.1, 0.15) is 0 Å². The zero-order valence-corrected chi connectivity index (χ0v) is 10.8. The summed E-state index contributed by atoms with van der Waals surface area (Å²) in [6.07, 6.45) is 5.42. The lowest BCUT2D eigenvalue weighted by atomic mass is 9.95. The molecule has 2 unspecified atom stereocenters. The van der Waals surface area contributed by atoms with E-state index in [0.717, 1.165) is 13.0 Å². The Bertz CT molecular complexity index is 506. The van der Waals surface area contributed by atoms with Crippen LogP contribution in [0.3, 0.4) is 0 Å². The maximum Gasteiger partial charge on any atom is 0.204 e. The molecule has 0 bridgehead atoms. The second kappa shape index (κ2) is 4.80. The highest BCUT2D eigenvalue weighted by Gasteiger charge is 2.25. The quantitative estimate of drug-likeness (QED) is 0.469. The lowest BCUT2D eigenvalue weighted by molar-refractivity contribution is 0.200. The molecule has 0 aliphatic carbocycles. The van der Waals surface area contributed by atoms with Gasteiger partial charge < -0.3 is 10.6 Å². The molecule has 2 atom stereocenters. The van der Waals surface area contributed by atoms with Gasteiger partial charge in [0.15, 0.2) is 11.3 Å². The molecule has 0 saturated carbocycles. The maximum absolute atomic E-state index is 8.27. The van der Waals surface area contributed by atoms with Crippen molar-refractivity contribution in [1.82, 2.24) is 14.5 Å². The molecule has 0 radical (unpaired) electrons. The summed E-state index contributed by atoms with van der Waals surface area (Å²) in [6, 6.07) is 0.329. The number of hydrogen-bond acceptors (Lipinski definition) is 4. The van der Waals surface area contributed by atoms with E-state index in [1.165, 1.54) is 17.2 Å². The van der Waals surface area contributed by atoms with Crippen LogP contribution >= 0.6 is 0 Å². The van der Waals surface area contributed by atoms with Gasteiger partial charge in [-0.25, -0.2) is 4.98 Å². The standard InChI is InChI=1S/C12H20N6/c1-8-3-4-9(2)18(7-8)12(15)17-6-5-16-10(13)11(17)14/h5-6,8-9,14-15H,3-4,7H2,1-2H3,(H2,13,16). The third-order valence-corrected chi connectivity index (χ3v) is 3.53. The smallest absolute Gasteiger partial charge is 0.204 e. The number of nitrogens with two attached hydrogens (primary N) is 1. The molecule has 18 heavy (non-hydrogen) atoms. The van der Waals surface area contributed by atoms with Gasteiger partial charge >= 0.3 is 0 Å². The van der Waals surface area contributed by atoms with Crippen LogP contribution in [0.5, 0.6) is 0 Å². The van der Waals surface area contributed by atoms with Crippen LogP contribution in [-0.4, -0.2) is 33.0 Å². The Morgan fingerprint density at radius 3 is 2.89 bits per heavy atom. The summed E-state index contributed by atoms with van der Waals surface area (Å²) in [6.45, 7) is 5.17. The first kappa shape index (κ1) is 12.6. The number of nitrogens with one attached hydrogen (secondary N) is 2. The molecule has 0 amide bonds. The van der Waals surface area contributed by atoms with E-state index in [0.29, 0.717) is 17.9 Å². The molecule has 1 aliphatic rings. The van der Waals surface area contributed by atoms with Crippen molar-refractivity contribution >= 4 is 11.8 Å². The van der Waals surface area contributed by atoms with Crippen molar-refractivity contribution in [2.75, 3.05) is 12.3 Å². The van der Waals surface area contributed by atoms with E-state index in [9.17, 15) is 0 Å². The molecule has 2 heterocycles. The predicted molar refractivity (Wildman–Crippen MR) is 70.2 cm³/mol. The minimum Gasteiger partial charge on any atom is -0.381 e. The lowest BCUT2D eigenvalue weighted by Gasteiger charge is -2.38. The number of nitrogen functional groups attached to an aromatic ring is 1. The number of likely N-dealkylation sites (tertiary alicyclic amines) is 1. The average Bonchev–Trinajstić information content (AvgIpc) is 2.35. The van der Waals surface area contributed by atoms with Crippen molar-refractivity contribution in [2.24, 2.45) is 5.92 Å². The Kier molecular flexibility index (Phi) is 3.36. The summed E-state index contributed by atoms with van der Waals surface area (Å²) in [5, 5.41) is 16.1. The van der Waals surface area contributed by atoms with E-state index >= 15 is 0 Å². The topological polar surface area (TPSA) is 94.8 Å². The maximum atomic E-state index is 8.27. The monoisotopic (exact) mass is 248 g/mol. The molecule has 1 saturated heterocycles. The fourth-order valence-electron chi connectivity index (χ4n) is 2.34. The van der Waals surface area contributed by atoms with E-state index in [-0.39, 0.29) is 11.3 Å². The van der Waals surface area contributed by atoms with Crippen molar-refractivity contribution in [3.63, 3.8) is 0 Å². The first-order valence-electron chi connectivity index (χ1n) is 6.24. The Morgan fingerprint density at radius 2 is 2.17 bits per heavy atom. The van der Waals surface area contributed by atoms with Crippen LogP contribution in [-0.2, 0) is 0 Å². The largest absolute Gasteiger partial charge is 0.381 e. The van der Waals surface area contributed by atoms with E-state index in [2.05, 4.69) is 18.8 Å². The van der Waals surface area contributed by atoms with Crippen molar-refractivity contribution in [3.05, 3.63) is 17.9 Å². The predicted octanol–water partition coefficient (Wildman–Crippen LogP) is 0.848. The summed E-state index contributed by atoms with van der Waals surface area (Å²) >= 11 is 0. The molecule has 1 aromatic heterocycles. The molecule has 4 N–H and O–H groups in total. The van der Waals surface area contributed by atoms with Crippen LogP contribution in [0.15, 0.2) is 12.4 Å². The highest BCUT2D eigenvalue weighted by atomic mass is 15.3. The Balaban J connectivity index is 2.30. The summed E-state index contributed by atoms with van der Waals surface area (Å²) in [5.41, 5.74) is 5.69. The molecule has 0 spiro atoms. The summed E-state index contributed by atoms with van der Waals surface area (Å²) in [5.74, 6) is 1.05. The molecule has 6 heteroatoms. The zero-order valence-electron chi connectivity index (χ0n) is 10.8. The molecule has 0 aromatic carbocycles. The third-order valence-electron chi connectivity index (χ3n) is 3.53. The summed E-state index contributed by atoms with van der Waals surface area (Å²) in [4.78, 5) is 5.89. The normalized spacial score (nSPS) is 24.0. The first-order valence-corrected chi connectivity index (χ1v) is 6.24. The van der Waals surface area contributed by atoms with E-state index in [1.54, 1.807) is 6.20 Å². The van der Waals surface area contributed by atoms with Gasteiger partial charge in [0, 0.05) is 25.0 Å². The number of rotatable bonds is 0. The second-order valence-electron chi connectivity index (χ2n) is 5.04. The van der Waals surface area contributed by atoms with Crippen molar-refractivity contribution in [1.29, 1.82) is 10.8 Å². The second-order valence-corrected chi connectivity index (χ2v) is 5.04. The lowest BCUT2D eigenvalue weighted by Crippen LogP contribution is -2.49. The molecule has 6 nitrogen and oxygen atoms in total. The minimum atomic E-state index is 0.0768. The van der Waals surface area contributed by atoms with Crippen LogP contribution in [0.2, 0.25) is 0 Å². The van der Waals surface area contributed by atoms with Gasteiger partial charge in [-0.05, 0) is 25.7 Å². The molecule has 98 valence electrons.